The standard InChI is InChI=1S/C10H18N2O/c1-9(2)4-3-5-12-7-10(8-13)6-11-12/h6-7,9,13H,3-5,8H2,1-2H3. The third-order valence-electron chi connectivity index (χ3n) is 2.04. The Kier molecular flexibility index (Phi) is 3.96. The van der Waals surface area contributed by atoms with Crippen molar-refractivity contribution in [3.8, 4) is 0 Å². The summed E-state index contributed by atoms with van der Waals surface area (Å²) in [4.78, 5) is 0. The SMILES string of the molecule is CC(C)CCCn1cc(CO)cn1. The van der Waals surface area contributed by atoms with E-state index in [0.717, 1.165) is 24.4 Å². The maximum absolute atomic E-state index is 8.81. The topological polar surface area (TPSA) is 38.0 Å². The van der Waals surface area contributed by atoms with Crippen LogP contribution in [-0.4, -0.2) is 14.9 Å². The van der Waals surface area contributed by atoms with Gasteiger partial charge in [0.25, 0.3) is 0 Å². The van der Waals surface area contributed by atoms with Crippen molar-refractivity contribution in [3.63, 3.8) is 0 Å². The maximum Gasteiger partial charge on any atom is 0.0712 e. The van der Waals surface area contributed by atoms with Gasteiger partial charge in [0, 0.05) is 18.3 Å². The zero-order chi connectivity index (χ0) is 9.68. The molecule has 1 rings (SSSR count). The minimum atomic E-state index is 0.0875. The molecule has 0 spiro atoms. The van der Waals surface area contributed by atoms with E-state index in [1.165, 1.54) is 6.42 Å². The molecule has 0 atom stereocenters. The van der Waals surface area contributed by atoms with Crippen molar-refractivity contribution >= 4 is 0 Å². The van der Waals surface area contributed by atoms with Crippen molar-refractivity contribution in [3.05, 3.63) is 18.0 Å². The molecule has 1 aromatic heterocycles. The van der Waals surface area contributed by atoms with E-state index in [-0.39, 0.29) is 6.61 Å². The lowest BCUT2D eigenvalue weighted by molar-refractivity contribution is 0.281. The van der Waals surface area contributed by atoms with Gasteiger partial charge in [0.1, 0.15) is 0 Å². The lowest BCUT2D eigenvalue weighted by Crippen LogP contribution is -1.99. The van der Waals surface area contributed by atoms with Crippen molar-refractivity contribution < 1.29 is 5.11 Å². The molecule has 1 heterocycles. The third kappa shape index (κ3) is 3.59. The molecule has 0 aliphatic heterocycles. The second kappa shape index (κ2) is 5.02. The number of hydrogen-bond acceptors (Lipinski definition) is 2. The van der Waals surface area contributed by atoms with Gasteiger partial charge in [-0.3, -0.25) is 4.68 Å². The highest BCUT2D eigenvalue weighted by atomic mass is 16.3. The van der Waals surface area contributed by atoms with E-state index in [1.807, 2.05) is 10.9 Å². The monoisotopic (exact) mass is 182 g/mol. The molecule has 1 N–H and O–H groups in total. The second-order valence-electron chi connectivity index (χ2n) is 3.81. The van der Waals surface area contributed by atoms with Crippen LogP contribution in [0.2, 0.25) is 0 Å². The first-order valence-corrected chi connectivity index (χ1v) is 4.84. The van der Waals surface area contributed by atoms with Crippen LogP contribution in [0.4, 0.5) is 0 Å². The predicted octanol–water partition coefficient (Wildman–Crippen LogP) is 1.81. The van der Waals surface area contributed by atoms with Crippen LogP contribution >= 0.6 is 0 Å². The van der Waals surface area contributed by atoms with E-state index in [1.54, 1.807) is 6.20 Å². The minimum Gasteiger partial charge on any atom is -0.392 e. The number of hydrogen-bond donors (Lipinski definition) is 1. The zero-order valence-corrected chi connectivity index (χ0v) is 8.40. The number of aliphatic hydroxyl groups is 1. The molecule has 0 aliphatic carbocycles. The van der Waals surface area contributed by atoms with Gasteiger partial charge >= 0.3 is 0 Å². The number of aromatic nitrogens is 2. The molecule has 0 aromatic carbocycles. The van der Waals surface area contributed by atoms with Crippen LogP contribution in [0, 0.1) is 5.92 Å². The highest BCUT2D eigenvalue weighted by molar-refractivity contribution is 5.01. The van der Waals surface area contributed by atoms with E-state index in [2.05, 4.69) is 18.9 Å². The second-order valence-corrected chi connectivity index (χ2v) is 3.81. The molecule has 0 fully saturated rings. The van der Waals surface area contributed by atoms with Gasteiger partial charge in [-0.1, -0.05) is 13.8 Å². The van der Waals surface area contributed by atoms with Crippen LogP contribution in [0.25, 0.3) is 0 Å². The fourth-order valence-corrected chi connectivity index (χ4v) is 1.27. The van der Waals surface area contributed by atoms with Gasteiger partial charge in [0.05, 0.1) is 12.8 Å². The summed E-state index contributed by atoms with van der Waals surface area (Å²) in [6.45, 7) is 5.49. The summed E-state index contributed by atoms with van der Waals surface area (Å²) >= 11 is 0. The zero-order valence-electron chi connectivity index (χ0n) is 8.40. The molecule has 0 unspecified atom stereocenters. The summed E-state index contributed by atoms with van der Waals surface area (Å²) in [5, 5.41) is 13.0. The van der Waals surface area contributed by atoms with E-state index < -0.39 is 0 Å². The summed E-state index contributed by atoms with van der Waals surface area (Å²) in [6, 6.07) is 0. The number of aryl methyl sites for hydroxylation is 1. The molecular weight excluding hydrogens is 164 g/mol. The van der Waals surface area contributed by atoms with Gasteiger partial charge < -0.3 is 5.11 Å². The lowest BCUT2D eigenvalue weighted by Gasteiger charge is -2.03. The smallest absolute Gasteiger partial charge is 0.0712 e. The van der Waals surface area contributed by atoms with Crippen LogP contribution in [-0.2, 0) is 13.2 Å². The van der Waals surface area contributed by atoms with E-state index in [9.17, 15) is 0 Å². The number of nitrogens with zero attached hydrogens (tertiary/aromatic N) is 2. The van der Waals surface area contributed by atoms with Gasteiger partial charge in [-0.2, -0.15) is 5.10 Å². The van der Waals surface area contributed by atoms with E-state index in [0.29, 0.717) is 0 Å². The van der Waals surface area contributed by atoms with Crippen LogP contribution in [0.3, 0.4) is 0 Å². The molecule has 0 saturated carbocycles. The minimum absolute atomic E-state index is 0.0875. The molecule has 0 amide bonds. The van der Waals surface area contributed by atoms with Crippen molar-refractivity contribution in [2.75, 3.05) is 0 Å². The van der Waals surface area contributed by atoms with Crippen molar-refractivity contribution in [2.45, 2.75) is 39.8 Å². The molecule has 0 saturated heterocycles. The van der Waals surface area contributed by atoms with Crippen molar-refractivity contribution in [2.24, 2.45) is 5.92 Å². The maximum atomic E-state index is 8.81. The molecule has 1 aromatic rings. The number of aliphatic hydroxyl groups excluding tert-OH is 1. The normalized spacial score (nSPS) is 11.1. The molecular formula is C10H18N2O. The summed E-state index contributed by atoms with van der Waals surface area (Å²) < 4.78 is 1.90. The first-order chi connectivity index (χ1) is 6.22. The predicted molar refractivity (Wildman–Crippen MR) is 52.2 cm³/mol. The van der Waals surface area contributed by atoms with Gasteiger partial charge in [-0.05, 0) is 18.8 Å². The summed E-state index contributed by atoms with van der Waals surface area (Å²) in [5.74, 6) is 0.757. The molecule has 3 heteroatoms. The Balaban J connectivity index is 2.28. The summed E-state index contributed by atoms with van der Waals surface area (Å²) in [6.07, 6.45) is 6.01. The van der Waals surface area contributed by atoms with Gasteiger partial charge in [-0.25, -0.2) is 0 Å². The Labute approximate surface area is 79.4 Å². The van der Waals surface area contributed by atoms with Crippen LogP contribution in [0.1, 0.15) is 32.3 Å². The summed E-state index contributed by atoms with van der Waals surface area (Å²) in [5.41, 5.74) is 0.893. The molecule has 0 aliphatic rings. The molecule has 13 heavy (non-hydrogen) atoms. The van der Waals surface area contributed by atoms with E-state index in [4.69, 9.17) is 5.11 Å². The van der Waals surface area contributed by atoms with Crippen LogP contribution in [0.15, 0.2) is 12.4 Å². The Morgan fingerprint density at radius 3 is 2.85 bits per heavy atom. The highest BCUT2D eigenvalue weighted by Gasteiger charge is 1.98. The lowest BCUT2D eigenvalue weighted by atomic mass is 10.1. The van der Waals surface area contributed by atoms with Crippen LogP contribution < -0.4 is 0 Å². The van der Waals surface area contributed by atoms with E-state index >= 15 is 0 Å². The van der Waals surface area contributed by atoms with Crippen molar-refractivity contribution in [1.29, 1.82) is 0 Å². The fraction of sp³-hybridized carbons (Fsp3) is 0.700. The highest BCUT2D eigenvalue weighted by Crippen LogP contribution is 2.05. The Morgan fingerprint density at radius 1 is 1.54 bits per heavy atom. The average Bonchev–Trinajstić information content (AvgIpc) is 2.52. The summed E-state index contributed by atoms with van der Waals surface area (Å²) in [7, 11) is 0. The quantitative estimate of drug-likeness (QED) is 0.754. The molecule has 0 radical (unpaired) electrons. The molecule has 3 nitrogen and oxygen atoms in total. The van der Waals surface area contributed by atoms with Crippen LogP contribution in [0.5, 0.6) is 0 Å². The largest absolute Gasteiger partial charge is 0.392 e. The first kappa shape index (κ1) is 10.3. The Bertz CT molecular complexity index is 243. The Hall–Kier alpha value is -0.830. The average molecular weight is 182 g/mol. The van der Waals surface area contributed by atoms with Gasteiger partial charge in [0.15, 0.2) is 0 Å². The molecule has 0 bridgehead atoms. The first-order valence-electron chi connectivity index (χ1n) is 4.84. The fourth-order valence-electron chi connectivity index (χ4n) is 1.27. The Morgan fingerprint density at radius 2 is 2.31 bits per heavy atom. The van der Waals surface area contributed by atoms with Crippen molar-refractivity contribution in [1.82, 2.24) is 9.78 Å². The molecule has 74 valence electrons. The number of rotatable bonds is 5. The van der Waals surface area contributed by atoms with Gasteiger partial charge in [-0.15, -0.1) is 0 Å². The third-order valence-corrected chi connectivity index (χ3v) is 2.04. The van der Waals surface area contributed by atoms with Gasteiger partial charge in [0.2, 0.25) is 0 Å².